The van der Waals surface area contributed by atoms with E-state index in [9.17, 15) is 0 Å². The van der Waals surface area contributed by atoms with E-state index in [1.165, 1.54) is 87.9 Å². The smallest absolute Gasteiger partial charge is 0.136 e. The van der Waals surface area contributed by atoms with Crippen molar-refractivity contribution in [2.24, 2.45) is 0 Å². The average Bonchev–Trinajstić information content (AvgIpc) is 3.92. The number of furan rings is 1. The number of rotatable bonds is 4. The van der Waals surface area contributed by atoms with Crippen LogP contribution in [0.4, 0.5) is 0 Å². The van der Waals surface area contributed by atoms with Gasteiger partial charge in [0, 0.05) is 26.9 Å². The van der Waals surface area contributed by atoms with Crippen molar-refractivity contribution >= 4 is 65.3 Å². The lowest BCUT2D eigenvalue weighted by Crippen LogP contribution is -2.28. The molecule has 13 rings (SSSR count). The predicted octanol–water partition coefficient (Wildman–Crippen LogP) is 15.0. The van der Waals surface area contributed by atoms with Gasteiger partial charge in [-0.2, -0.15) is 0 Å². The minimum absolute atomic E-state index is 0.422. The maximum absolute atomic E-state index is 6.57. The minimum atomic E-state index is -0.422. The van der Waals surface area contributed by atoms with Gasteiger partial charge >= 0.3 is 0 Å². The molecule has 1 aliphatic rings. The van der Waals surface area contributed by atoms with Crippen molar-refractivity contribution in [1.29, 1.82) is 0 Å². The minimum Gasteiger partial charge on any atom is -0.456 e. The average molecular weight is 750 g/mol. The van der Waals surface area contributed by atoms with Gasteiger partial charge in [-0.05, 0) is 103 Å². The molecule has 2 aromatic heterocycles. The van der Waals surface area contributed by atoms with Crippen molar-refractivity contribution in [1.82, 2.24) is 4.57 Å². The van der Waals surface area contributed by atoms with Crippen LogP contribution >= 0.6 is 0 Å². The third kappa shape index (κ3) is 4.46. The van der Waals surface area contributed by atoms with Gasteiger partial charge in [-0.25, -0.2) is 0 Å². The second kappa shape index (κ2) is 12.2. The van der Waals surface area contributed by atoms with E-state index in [1.807, 2.05) is 0 Å². The predicted molar refractivity (Wildman–Crippen MR) is 246 cm³/mol. The fourth-order valence-electron chi connectivity index (χ4n) is 10.5. The Morgan fingerprint density at radius 1 is 0.339 bits per heavy atom. The summed E-state index contributed by atoms with van der Waals surface area (Å²) in [5, 5.41) is 9.49. The Hall–Kier alpha value is -7.68. The monoisotopic (exact) mass is 749 g/mol. The fraction of sp³-hybridized carbons (Fsp3) is 0.0175. The van der Waals surface area contributed by atoms with Gasteiger partial charge in [-0.1, -0.05) is 170 Å². The van der Waals surface area contributed by atoms with Crippen LogP contribution in [-0.4, -0.2) is 4.57 Å². The maximum atomic E-state index is 6.57. The summed E-state index contributed by atoms with van der Waals surface area (Å²) in [6.45, 7) is 0. The summed E-state index contributed by atoms with van der Waals surface area (Å²) in [4.78, 5) is 0. The summed E-state index contributed by atoms with van der Waals surface area (Å²) in [5.74, 6) is 0. The number of fused-ring (bicyclic) bond motifs is 11. The lowest BCUT2D eigenvalue weighted by molar-refractivity contribution is 0.670. The first-order valence-electron chi connectivity index (χ1n) is 20.4. The molecule has 0 unspecified atom stereocenters. The lowest BCUT2D eigenvalue weighted by Gasteiger charge is -2.33. The molecule has 10 aromatic carbocycles. The first-order chi connectivity index (χ1) is 29.3. The highest BCUT2D eigenvalue weighted by Crippen LogP contribution is 2.57. The highest BCUT2D eigenvalue weighted by molar-refractivity contribution is 6.19. The topological polar surface area (TPSA) is 18.1 Å². The second-order valence-electron chi connectivity index (χ2n) is 16.0. The number of hydrogen-bond acceptors (Lipinski definition) is 1. The van der Waals surface area contributed by atoms with Crippen LogP contribution in [0.15, 0.2) is 217 Å². The molecule has 0 atom stereocenters. The zero-order valence-corrected chi connectivity index (χ0v) is 32.1. The van der Waals surface area contributed by atoms with Crippen molar-refractivity contribution in [3.63, 3.8) is 0 Å². The number of para-hydroxylation sites is 1. The van der Waals surface area contributed by atoms with Gasteiger partial charge in [0.05, 0.1) is 22.1 Å². The van der Waals surface area contributed by atoms with E-state index in [0.29, 0.717) is 0 Å². The number of nitrogens with zero attached hydrogens (tertiary/aromatic N) is 1. The number of aromatic nitrogens is 1. The van der Waals surface area contributed by atoms with Crippen LogP contribution in [-0.2, 0) is 5.41 Å². The molecule has 0 N–H and O–H groups in total. The second-order valence-corrected chi connectivity index (χ2v) is 16.0. The molecule has 274 valence electrons. The van der Waals surface area contributed by atoms with Crippen molar-refractivity contribution in [3.8, 4) is 27.9 Å². The SMILES string of the molecule is c1ccc(C2(c3ccccc3)c3ccccc3-c3cc(-c4ccc(-n5c6ccccc6c6cc7oc8cc9ccccc9cc8c7cc65)c5ccccc45)ccc32)cc1. The van der Waals surface area contributed by atoms with Crippen molar-refractivity contribution in [3.05, 3.63) is 235 Å². The Morgan fingerprint density at radius 3 is 1.75 bits per heavy atom. The van der Waals surface area contributed by atoms with Crippen LogP contribution in [0.25, 0.3) is 93.2 Å². The molecule has 0 radical (unpaired) electrons. The van der Waals surface area contributed by atoms with Crippen LogP contribution in [0.1, 0.15) is 22.3 Å². The van der Waals surface area contributed by atoms with Crippen molar-refractivity contribution < 1.29 is 4.42 Å². The molecule has 0 fully saturated rings. The third-order valence-corrected chi connectivity index (χ3v) is 13.0. The van der Waals surface area contributed by atoms with E-state index in [2.05, 4.69) is 217 Å². The van der Waals surface area contributed by atoms with Gasteiger partial charge in [-0.15, -0.1) is 0 Å². The summed E-state index contributed by atoms with van der Waals surface area (Å²) < 4.78 is 9.04. The van der Waals surface area contributed by atoms with Crippen molar-refractivity contribution in [2.45, 2.75) is 5.41 Å². The summed E-state index contributed by atoms with van der Waals surface area (Å²) in [7, 11) is 0. The molecule has 0 amide bonds. The molecular formula is C57H35NO. The Morgan fingerprint density at radius 2 is 0.949 bits per heavy atom. The molecule has 1 aliphatic carbocycles. The Kier molecular flexibility index (Phi) is 6.68. The van der Waals surface area contributed by atoms with Gasteiger partial charge in [0.15, 0.2) is 0 Å². The lowest BCUT2D eigenvalue weighted by atomic mass is 9.67. The van der Waals surface area contributed by atoms with Crippen LogP contribution in [0.2, 0.25) is 0 Å². The fourth-order valence-corrected chi connectivity index (χ4v) is 10.5. The van der Waals surface area contributed by atoms with Gasteiger partial charge in [0.1, 0.15) is 11.2 Å². The van der Waals surface area contributed by atoms with Crippen LogP contribution < -0.4 is 0 Å². The Labute approximate surface area is 340 Å². The zero-order valence-electron chi connectivity index (χ0n) is 32.1. The van der Waals surface area contributed by atoms with Crippen LogP contribution in [0.5, 0.6) is 0 Å². The Bertz CT molecular complexity index is 3620. The van der Waals surface area contributed by atoms with E-state index in [0.717, 1.165) is 27.6 Å². The Balaban J connectivity index is 1.04. The molecule has 2 heterocycles. The number of benzene rings is 10. The largest absolute Gasteiger partial charge is 0.456 e. The van der Waals surface area contributed by atoms with E-state index in [-0.39, 0.29) is 0 Å². The first kappa shape index (κ1) is 32.4. The molecule has 2 heteroatoms. The van der Waals surface area contributed by atoms with E-state index in [1.54, 1.807) is 0 Å². The molecule has 0 bridgehead atoms. The highest BCUT2D eigenvalue weighted by Gasteiger charge is 2.46. The molecular weight excluding hydrogens is 715 g/mol. The van der Waals surface area contributed by atoms with Crippen LogP contribution in [0.3, 0.4) is 0 Å². The van der Waals surface area contributed by atoms with Crippen molar-refractivity contribution in [2.75, 3.05) is 0 Å². The molecule has 59 heavy (non-hydrogen) atoms. The number of hydrogen-bond donors (Lipinski definition) is 0. The van der Waals surface area contributed by atoms with Crippen LogP contribution in [0, 0.1) is 0 Å². The van der Waals surface area contributed by atoms with Gasteiger partial charge in [0.25, 0.3) is 0 Å². The molecule has 12 aromatic rings. The highest BCUT2D eigenvalue weighted by atomic mass is 16.3. The van der Waals surface area contributed by atoms with Gasteiger partial charge < -0.3 is 8.98 Å². The third-order valence-electron chi connectivity index (χ3n) is 13.0. The molecule has 0 spiro atoms. The molecule has 0 saturated carbocycles. The quantitative estimate of drug-likeness (QED) is 0.175. The zero-order chi connectivity index (χ0) is 38.7. The summed E-state index contributed by atoms with van der Waals surface area (Å²) >= 11 is 0. The van der Waals surface area contributed by atoms with E-state index < -0.39 is 5.41 Å². The summed E-state index contributed by atoms with van der Waals surface area (Å²) in [6, 6.07) is 78.1. The maximum Gasteiger partial charge on any atom is 0.136 e. The standard InChI is InChI=1S/C57H35NO/c1-3-17-39(18-4-1)57(40-19-5-2-6-20-40)50-25-13-11-22-43(50)46-32-38(27-29-51(46)57)41-28-30-53(44-23-10-9-21-42(41)44)58-52-26-14-12-24-45(52)47-35-56-49(34-54(47)58)48-31-36-15-7-8-16-37(36)33-55(48)59-56/h1-35H. The van der Waals surface area contributed by atoms with Gasteiger partial charge in [0.2, 0.25) is 0 Å². The van der Waals surface area contributed by atoms with E-state index in [4.69, 9.17) is 4.42 Å². The summed E-state index contributed by atoms with van der Waals surface area (Å²) in [6.07, 6.45) is 0. The normalized spacial score (nSPS) is 13.2. The molecule has 0 aliphatic heterocycles. The summed E-state index contributed by atoms with van der Waals surface area (Å²) in [5.41, 5.74) is 15.1. The van der Waals surface area contributed by atoms with E-state index >= 15 is 0 Å². The first-order valence-corrected chi connectivity index (χ1v) is 20.4. The molecule has 0 saturated heterocycles. The van der Waals surface area contributed by atoms with Gasteiger partial charge in [-0.3, -0.25) is 0 Å². The molecule has 2 nitrogen and oxygen atoms in total.